The summed E-state index contributed by atoms with van der Waals surface area (Å²) in [4.78, 5) is 8.79. The van der Waals surface area contributed by atoms with Gasteiger partial charge in [0.15, 0.2) is 0 Å². The second kappa shape index (κ2) is 9.57. The van der Waals surface area contributed by atoms with Crippen LogP contribution < -0.4 is 0 Å². The SMILES string of the molecule is CCO[C@@](Cn1cncn1)(c1ccc(F)cc1F)[C@@H](C)c1nc(-c2ccc(C#N)cc2)cs1. The van der Waals surface area contributed by atoms with E-state index in [0.717, 1.165) is 22.3 Å². The third kappa shape index (κ3) is 4.53. The van der Waals surface area contributed by atoms with Gasteiger partial charge >= 0.3 is 0 Å². The van der Waals surface area contributed by atoms with Crippen molar-refractivity contribution >= 4 is 11.3 Å². The Kier molecular flexibility index (Phi) is 6.58. The number of nitriles is 1. The van der Waals surface area contributed by atoms with Gasteiger partial charge in [-0.2, -0.15) is 10.4 Å². The van der Waals surface area contributed by atoms with Gasteiger partial charge in [0, 0.05) is 35.1 Å². The lowest BCUT2D eigenvalue weighted by Crippen LogP contribution is -2.41. The number of thiazole rings is 1. The summed E-state index contributed by atoms with van der Waals surface area (Å²) in [7, 11) is 0. The summed E-state index contributed by atoms with van der Waals surface area (Å²) in [5.41, 5.74) is 1.20. The number of aromatic nitrogens is 4. The fourth-order valence-electron chi connectivity index (χ4n) is 3.88. The lowest BCUT2D eigenvalue weighted by Gasteiger charge is -2.38. The number of nitrogens with zero attached hydrogens (tertiary/aromatic N) is 5. The standard InChI is InChI=1S/C24H21F2N5OS/c1-3-32-24(13-31-15-28-14-29-31,20-9-8-19(25)10-21(20)26)16(2)23-30-22(12-33-23)18-6-4-17(11-27)5-7-18/h4-10,12,14-16H,3,13H2,1-2H3/t16-,24+/m0/s1. The van der Waals surface area contributed by atoms with Gasteiger partial charge in [-0.3, -0.25) is 0 Å². The second-order valence-electron chi connectivity index (χ2n) is 7.52. The summed E-state index contributed by atoms with van der Waals surface area (Å²) in [6.45, 7) is 4.20. The molecule has 0 aliphatic heterocycles. The molecule has 168 valence electrons. The van der Waals surface area contributed by atoms with Gasteiger partial charge < -0.3 is 4.74 Å². The van der Waals surface area contributed by atoms with Crippen molar-refractivity contribution < 1.29 is 13.5 Å². The van der Waals surface area contributed by atoms with Crippen molar-refractivity contribution in [2.24, 2.45) is 0 Å². The molecule has 0 radical (unpaired) electrons. The van der Waals surface area contributed by atoms with Crippen molar-refractivity contribution in [1.82, 2.24) is 19.7 Å². The van der Waals surface area contributed by atoms with Crippen LogP contribution in [0.25, 0.3) is 11.3 Å². The molecule has 0 spiro atoms. The van der Waals surface area contributed by atoms with E-state index in [0.29, 0.717) is 12.2 Å². The van der Waals surface area contributed by atoms with Gasteiger partial charge in [-0.25, -0.2) is 23.4 Å². The molecule has 2 aromatic heterocycles. The van der Waals surface area contributed by atoms with Gasteiger partial charge in [0.05, 0.1) is 28.9 Å². The average Bonchev–Trinajstić information content (AvgIpc) is 3.51. The van der Waals surface area contributed by atoms with Gasteiger partial charge in [0.2, 0.25) is 0 Å². The van der Waals surface area contributed by atoms with Crippen LogP contribution in [-0.4, -0.2) is 26.4 Å². The maximum atomic E-state index is 15.1. The maximum Gasteiger partial charge on any atom is 0.137 e. The summed E-state index contributed by atoms with van der Waals surface area (Å²) < 4.78 is 36.7. The maximum absolute atomic E-state index is 15.1. The molecule has 2 heterocycles. The molecule has 0 unspecified atom stereocenters. The Balaban J connectivity index is 1.79. The molecule has 0 N–H and O–H groups in total. The topological polar surface area (TPSA) is 76.6 Å². The van der Waals surface area contributed by atoms with Gasteiger partial charge in [-0.05, 0) is 25.1 Å². The van der Waals surface area contributed by atoms with Crippen molar-refractivity contribution in [3.05, 3.63) is 88.3 Å². The van der Waals surface area contributed by atoms with Crippen LogP contribution in [-0.2, 0) is 16.9 Å². The van der Waals surface area contributed by atoms with Crippen molar-refractivity contribution in [1.29, 1.82) is 5.26 Å². The van der Waals surface area contributed by atoms with E-state index >= 15 is 4.39 Å². The van der Waals surface area contributed by atoms with Crippen molar-refractivity contribution in [3.8, 4) is 17.3 Å². The lowest BCUT2D eigenvalue weighted by molar-refractivity contribution is -0.0790. The van der Waals surface area contributed by atoms with E-state index < -0.39 is 23.2 Å². The first-order valence-corrected chi connectivity index (χ1v) is 11.2. The summed E-state index contributed by atoms with van der Waals surface area (Å²) in [5.74, 6) is -1.76. The Hall–Kier alpha value is -3.48. The molecule has 0 aliphatic carbocycles. The zero-order valence-corrected chi connectivity index (χ0v) is 18.9. The highest BCUT2D eigenvalue weighted by atomic mass is 32.1. The van der Waals surface area contributed by atoms with Gasteiger partial charge in [-0.15, -0.1) is 11.3 Å². The highest BCUT2D eigenvalue weighted by molar-refractivity contribution is 7.10. The molecule has 9 heteroatoms. The highest BCUT2D eigenvalue weighted by Gasteiger charge is 2.44. The monoisotopic (exact) mass is 465 g/mol. The van der Waals surface area contributed by atoms with Crippen molar-refractivity contribution in [2.75, 3.05) is 6.61 Å². The third-order valence-electron chi connectivity index (χ3n) is 5.55. The number of halogens is 2. The number of benzene rings is 2. The fraction of sp³-hybridized carbons (Fsp3) is 0.250. The Labute approximate surface area is 194 Å². The molecule has 0 amide bonds. The van der Waals surface area contributed by atoms with Crippen LogP contribution in [0.15, 0.2) is 60.5 Å². The van der Waals surface area contributed by atoms with Crippen LogP contribution in [0.3, 0.4) is 0 Å². The van der Waals surface area contributed by atoms with Crippen LogP contribution in [0.2, 0.25) is 0 Å². The molecule has 0 fully saturated rings. The normalized spacial score (nSPS) is 13.9. The van der Waals surface area contributed by atoms with E-state index in [9.17, 15) is 4.39 Å². The van der Waals surface area contributed by atoms with Gasteiger partial charge in [-0.1, -0.05) is 25.1 Å². The molecule has 6 nitrogen and oxygen atoms in total. The van der Waals surface area contributed by atoms with E-state index in [1.165, 1.54) is 36.1 Å². The van der Waals surface area contributed by atoms with Gasteiger partial charge in [0.25, 0.3) is 0 Å². The minimum absolute atomic E-state index is 0.163. The Morgan fingerprint density at radius 3 is 2.64 bits per heavy atom. The van der Waals surface area contributed by atoms with Crippen molar-refractivity contribution in [3.63, 3.8) is 0 Å². The number of hydrogen-bond acceptors (Lipinski definition) is 6. The zero-order valence-electron chi connectivity index (χ0n) is 18.1. The zero-order chi connectivity index (χ0) is 23.4. The third-order valence-corrected chi connectivity index (χ3v) is 6.58. The van der Waals surface area contributed by atoms with Crippen molar-refractivity contribution in [2.45, 2.75) is 31.9 Å². The molecule has 0 saturated heterocycles. The smallest absolute Gasteiger partial charge is 0.137 e. The molecule has 0 aliphatic rings. The lowest BCUT2D eigenvalue weighted by atomic mass is 9.81. The van der Waals surface area contributed by atoms with Crippen LogP contribution in [0.4, 0.5) is 8.78 Å². The Morgan fingerprint density at radius 1 is 1.21 bits per heavy atom. The summed E-state index contributed by atoms with van der Waals surface area (Å²) in [5, 5.41) is 15.9. The predicted molar refractivity (Wildman–Crippen MR) is 120 cm³/mol. The minimum Gasteiger partial charge on any atom is -0.368 e. The average molecular weight is 466 g/mol. The van der Waals surface area contributed by atoms with E-state index in [2.05, 4.69) is 16.2 Å². The van der Waals surface area contributed by atoms with E-state index in [1.54, 1.807) is 16.8 Å². The summed E-state index contributed by atoms with van der Waals surface area (Å²) in [6, 6.07) is 12.8. The molecular formula is C24H21F2N5OS. The summed E-state index contributed by atoms with van der Waals surface area (Å²) >= 11 is 1.43. The number of ether oxygens (including phenoxy) is 1. The highest BCUT2D eigenvalue weighted by Crippen LogP contribution is 2.44. The molecule has 33 heavy (non-hydrogen) atoms. The second-order valence-corrected chi connectivity index (χ2v) is 8.41. The van der Waals surface area contributed by atoms with Crippen LogP contribution in [0, 0.1) is 23.0 Å². The Bertz CT molecular complexity index is 1270. The first kappa shape index (κ1) is 22.7. The van der Waals surface area contributed by atoms with Crippen LogP contribution >= 0.6 is 11.3 Å². The van der Waals surface area contributed by atoms with Crippen LogP contribution in [0.5, 0.6) is 0 Å². The van der Waals surface area contributed by atoms with E-state index in [-0.39, 0.29) is 12.1 Å². The van der Waals surface area contributed by atoms with E-state index in [1.807, 2.05) is 31.4 Å². The molecule has 0 bridgehead atoms. The first-order valence-electron chi connectivity index (χ1n) is 10.3. The largest absolute Gasteiger partial charge is 0.368 e. The van der Waals surface area contributed by atoms with E-state index in [4.69, 9.17) is 15.0 Å². The molecule has 2 aromatic carbocycles. The minimum atomic E-state index is -1.21. The number of rotatable bonds is 8. The molecular weight excluding hydrogens is 444 g/mol. The molecule has 4 aromatic rings. The van der Waals surface area contributed by atoms with Gasteiger partial charge in [0.1, 0.15) is 29.9 Å². The molecule has 2 atom stereocenters. The fourth-order valence-corrected chi connectivity index (χ4v) is 4.85. The predicted octanol–water partition coefficient (Wildman–Crippen LogP) is 5.29. The van der Waals surface area contributed by atoms with Crippen LogP contribution in [0.1, 0.15) is 35.9 Å². The first-order chi connectivity index (χ1) is 16.0. The quantitative estimate of drug-likeness (QED) is 0.354. The summed E-state index contributed by atoms with van der Waals surface area (Å²) in [6.07, 6.45) is 2.93. The Morgan fingerprint density at radius 2 is 2.00 bits per heavy atom. The molecule has 4 rings (SSSR count). The molecule has 0 saturated carbocycles. The number of hydrogen-bond donors (Lipinski definition) is 0.